The van der Waals surface area contributed by atoms with Crippen molar-refractivity contribution in [2.75, 3.05) is 5.32 Å². The lowest BCUT2D eigenvalue weighted by atomic mass is 10.1. The van der Waals surface area contributed by atoms with Crippen LogP contribution in [0, 0.1) is 6.92 Å². The number of anilines is 1. The number of fused-ring (bicyclic) bond motifs is 1. The van der Waals surface area contributed by atoms with Crippen molar-refractivity contribution >= 4 is 21.7 Å². The molecular formula is C17H18BrN3O. The normalized spacial score (nSPS) is 23.4. The molecule has 1 unspecified atom stereocenters. The van der Waals surface area contributed by atoms with Gasteiger partial charge in [-0.05, 0) is 46.8 Å². The molecule has 0 spiro atoms. The highest BCUT2D eigenvalue weighted by atomic mass is 79.9. The van der Waals surface area contributed by atoms with E-state index in [4.69, 9.17) is 0 Å². The van der Waals surface area contributed by atoms with Crippen molar-refractivity contribution in [3.63, 3.8) is 0 Å². The summed E-state index contributed by atoms with van der Waals surface area (Å²) in [5.74, 6) is 1.32. The van der Waals surface area contributed by atoms with Gasteiger partial charge in [-0.1, -0.05) is 24.3 Å². The van der Waals surface area contributed by atoms with E-state index in [1.165, 1.54) is 24.0 Å². The highest BCUT2D eigenvalue weighted by Gasteiger charge is 2.34. The predicted octanol–water partition coefficient (Wildman–Crippen LogP) is 3.50. The fourth-order valence-electron chi connectivity index (χ4n) is 3.15. The van der Waals surface area contributed by atoms with E-state index in [0.717, 1.165) is 21.8 Å². The van der Waals surface area contributed by atoms with E-state index in [-0.39, 0.29) is 6.04 Å². The molecule has 4 rings (SSSR count). The molecule has 1 aromatic carbocycles. The fraction of sp³-hybridized carbons (Fsp3) is 0.412. The van der Waals surface area contributed by atoms with Crippen LogP contribution in [0.4, 0.5) is 5.82 Å². The van der Waals surface area contributed by atoms with Gasteiger partial charge in [0.15, 0.2) is 0 Å². The van der Waals surface area contributed by atoms with Crippen LogP contribution in [0.25, 0.3) is 0 Å². The lowest BCUT2D eigenvalue weighted by Crippen LogP contribution is -2.23. The monoisotopic (exact) mass is 359 g/mol. The summed E-state index contributed by atoms with van der Waals surface area (Å²) in [7, 11) is 0. The molecule has 2 aromatic rings. The van der Waals surface area contributed by atoms with Crippen LogP contribution >= 0.6 is 15.9 Å². The third kappa shape index (κ3) is 2.42. The van der Waals surface area contributed by atoms with Crippen LogP contribution in [-0.4, -0.2) is 21.2 Å². The fourth-order valence-corrected chi connectivity index (χ4v) is 3.43. The molecule has 4 nitrogen and oxygen atoms in total. The summed E-state index contributed by atoms with van der Waals surface area (Å²) in [6.45, 7) is 1.94. The Kier molecular flexibility index (Phi) is 3.42. The minimum atomic E-state index is -0.421. The number of hydrogen-bond acceptors (Lipinski definition) is 4. The zero-order valence-electron chi connectivity index (χ0n) is 12.4. The molecule has 1 fully saturated rings. The van der Waals surface area contributed by atoms with Crippen LogP contribution in [-0.2, 0) is 6.42 Å². The summed E-state index contributed by atoms with van der Waals surface area (Å²) in [4.78, 5) is 9.34. The maximum absolute atomic E-state index is 10.4. The largest absolute Gasteiger partial charge is 0.390 e. The van der Waals surface area contributed by atoms with Gasteiger partial charge in [0.2, 0.25) is 0 Å². The third-order valence-electron chi connectivity index (χ3n) is 4.50. The molecule has 5 heteroatoms. The lowest BCUT2D eigenvalue weighted by molar-refractivity contribution is 0.165. The zero-order chi connectivity index (χ0) is 15.3. The van der Waals surface area contributed by atoms with Gasteiger partial charge in [-0.2, -0.15) is 0 Å². The van der Waals surface area contributed by atoms with E-state index in [0.29, 0.717) is 12.3 Å². The molecule has 0 bridgehead atoms. The summed E-state index contributed by atoms with van der Waals surface area (Å²) >= 11 is 3.48. The number of aliphatic hydroxyl groups is 1. The first kappa shape index (κ1) is 14.2. The number of rotatable bonds is 3. The smallest absolute Gasteiger partial charge is 0.149 e. The van der Waals surface area contributed by atoms with Crippen LogP contribution in [0.2, 0.25) is 0 Å². The number of benzene rings is 1. The Labute approximate surface area is 138 Å². The summed E-state index contributed by atoms with van der Waals surface area (Å²) < 4.78 is 0.812. The molecular weight excluding hydrogens is 342 g/mol. The lowest BCUT2D eigenvalue weighted by Gasteiger charge is -2.20. The Bertz CT molecular complexity index is 730. The van der Waals surface area contributed by atoms with Gasteiger partial charge in [-0.15, -0.1) is 0 Å². The first-order chi connectivity index (χ1) is 10.6. The Balaban J connectivity index is 1.70. The summed E-state index contributed by atoms with van der Waals surface area (Å²) in [6.07, 6.45) is 2.61. The minimum absolute atomic E-state index is 0.108. The van der Waals surface area contributed by atoms with Crippen molar-refractivity contribution in [3.05, 3.63) is 51.4 Å². The van der Waals surface area contributed by atoms with Crippen LogP contribution < -0.4 is 5.32 Å². The van der Waals surface area contributed by atoms with E-state index < -0.39 is 6.10 Å². The first-order valence-electron chi connectivity index (χ1n) is 7.70. The van der Waals surface area contributed by atoms with Gasteiger partial charge in [0.05, 0.1) is 23.5 Å². The molecule has 2 atom stereocenters. The van der Waals surface area contributed by atoms with Gasteiger partial charge in [0, 0.05) is 12.3 Å². The van der Waals surface area contributed by atoms with Crippen molar-refractivity contribution in [2.24, 2.45) is 0 Å². The summed E-state index contributed by atoms with van der Waals surface area (Å²) in [5.41, 5.74) is 4.27. The van der Waals surface area contributed by atoms with Crippen LogP contribution in [0.3, 0.4) is 0 Å². The maximum atomic E-state index is 10.4. The Morgan fingerprint density at radius 3 is 2.77 bits per heavy atom. The average molecular weight is 360 g/mol. The molecule has 114 valence electrons. The number of nitrogens with one attached hydrogen (secondary N) is 1. The van der Waals surface area contributed by atoms with Crippen LogP contribution in [0.15, 0.2) is 28.9 Å². The van der Waals surface area contributed by atoms with E-state index in [1.807, 2.05) is 19.1 Å². The molecule has 0 radical (unpaired) electrons. The number of aromatic nitrogens is 2. The number of halogens is 1. The topological polar surface area (TPSA) is 58.0 Å². The van der Waals surface area contributed by atoms with Crippen LogP contribution in [0.1, 0.15) is 47.3 Å². The standard InChI is InChI=1S/C17H18BrN3O/c1-9-16(18)20-14(10-6-7-10)17(19-9)21-15-12-5-3-2-4-11(12)8-13(15)22/h2-5,10,13,15,22H,6-8H2,1H3,(H,19,21)/t13-,15?/m0/s1. The molecule has 1 heterocycles. The Hall–Kier alpha value is -1.46. The van der Waals surface area contributed by atoms with E-state index >= 15 is 0 Å². The summed E-state index contributed by atoms with van der Waals surface area (Å²) in [5, 5.41) is 13.9. The first-order valence-corrected chi connectivity index (χ1v) is 8.49. The van der Waals surface area contributed by atoms with Gasteiger partial charge < -0.3 is 10.4 Å². The van der Waals surface area contributed by atoms with E-state index in [9.17, 15) is 5.11 Å². The van der Waals surface area contributed by atoms with Crippen molar-refractivity contribution in [3.8, 4) is 0 Å². The maximum Gasteiger partial charge on any atom is 0.149 e. The Morgan fingerprint density at radius 1 is 1.23 bits per heavy atom. The van der Waals surface area contributed by atoms with Gasteiger partial charge in [-0.25, -0.2) is 9.97 Å². The average Bonchev–Trinajstić information content (AvgIpc) is 3.29. The highest BCUT2D eigenvalue weighted by molar-refractivity contribution is 9.10. The van der Waals surface area contributed by atoms with Crippen molar-refractivity contribution in [1.29, 1.82) is 0 Å². The predicted molar refractivity (Wildman–Crippen MR) is 89.0 cm³/mol. The van der Waals surface area contributed by atoms with Gasteiger partial charge >= 0.3 is 0 Å². The Morgan fingerprint density at radius 2 is 2.00 bits per heavy atom. The zero-order valence-corrected chi connectivity index (χ0v) is 14.0. The van der Waals surface area contributed by atoms with Crippen molar-refractivity contribution < 1.29 is 5.11 Å². The number of hydrogen-bond donors (Lipinski definition) is 2. The molecule has 0 amide bonds. The van der Waals surface area contributed by atoms with Gasteiger partial charge in [0.1, 0.15) is 10.4 Å². The molecule has 22 heavy (non-hydrogen) atoms. The molecule has 2 aliphatic rings. The number of nitrogens with zero attached hydrogens (tertiary/aromatic N) is 2. The molecule has 2 aliphatic carbocycles. The molecule has 1 aromatic heterocycles. The number of aliphatic hydroxyl groups excluding tert-OH is 1. The van der Waals surface area contributed by atoms with Crippen molar-refractivity contribution in [2.45, 2.75) is 44.2 Å². The second-order valence-electron chi connectivity index (χ2n) is 6.20. The third-order valence-corrected chi connectivity index (χ3v) is 5.25. The van der Waals surface area contributed by atoms with Crippen molar-refractivity contribution in [1.82, 2.24) is 9.97 Å². The molecule has 1 saturated carbocycles. The van der Waals surface area contributed by atoms with Gasteiger partial charge in [0.25, 0.3) is 0 Å². The summed E-state index contributed by atoms with van der Waals surface area (Å²) in [6, 6.07) is 8.10. The quantitative estimate of drug-likeness (QED) is 0.880. The number of aryl methyl sites for hydroxylation is 1. The molecule has 0 saturated heterocycles. The second kappa shape index (κ2) is 5.32. The minimum Gasteiger partial charge on any atom is -0.390 e. The van der Waals surface area contributed by atoms with E-state index in [1.54, 1.807) is 0 Å². The highest BCUT2D eigenvalue weighted by Crippen LogP contribution is 2.44. The van der Waals surface area contributed by atoms with Crippen LogP contribution in [0.5, 0.6) is 0 Å². The SMILES string of the molecule is Cc1nc(NC2c3ccccc3C[C@@H]2O)c(C2CC2)nc1Br. The molecule has 2 N–H and O–H groups in total. The second-order valence-corrected chi connectivity index (χ2v) is 6.95. The van der Waals surface area contributed by atoms with E-state index in [2.05, 4.69) is 43.3 Å². The van der Waals surface area contributed by atoms with Gasteiger partial charge in [-0.3, -0.25) is 0 Å². The molecule has 0 aliphatic heterocycles.